The van der Waals surface area contributed by atoms with Crippen LogP contribution in [0.1, 0.15) is 44.1 Å². The molecule has 1 saturated heterocycles. The normalized spacial score (nSPS) is 22.4. The molecule has 1 aromatic rings. The summed E-state index contributed by atoms with van der Waals surface area (Å²) in [6.45, 7) is 6.68. The molecule has 6 heteroatoms. The lowest BCUT2D eigenvalue weighted by Gasteiger charge is -2.34. The van der Waals surface area contributed by atoms with Crippen molar-refractivity contribution >= 4 is 0 Å². The fourth-order valence-corrected chi connectivity index (χ4v) is 2.04. The van der Waals surface area contributed by atoms with Gasteiger partial charge in [0.15, 0.2) is 0 Å². The molecule has 0 spiro atoms. The summed E-state index contributed by atoms with van der Waals surface area (Å²) < 4.78 is 10.8. The standard InChI is InChI=1S/C13H20N4O2/c1-4-5-10(14)13-15-12(16-19-13)11-8-17(9(2)3)6-7-18-11/h1,9-11H,5-8,14H2,2-3H3. The Bertz CT molecular complexity index is 452. The van der Waals surface area contributed by atoms with Gasteiger partial charge in [-0.05, 0) is 13.8 Å². The lowest BCUT2D eigenvalue weighted by atomic mass is 10.2. The summed E-state index contributed by atoms with van der Waals surface area (Å²) in [6.07, 6.45) is 5.44. The molecular weight excluding hydrogens is 244 g/mol. The Labute approximate surface area is 113 Å². The Morgan fingerprint density at radius 2 is 2.37 bits per heavy atom. The third-order valence-electron chi connectivity index (χ3n) is 3.23. The maximum atomic E-state index is 5.83. The van der Waals surface area contributed by atoms with E-state index in [1.807, 2.05) is 0 Å². The highest BCUT2D eigenvalue weighted by Gasteiger charge is 2.28. The number of nitrogens with two attached hydrogens (primary N) is 1. The molecule has 0 saturated carbocycles. The van der Waals surface area contributed by atoms with Crippen LogP contribution in [0.4, 0.5) is 0 Å². The average molecular weight is 264 g/mol. The molecule has 0 bridgehead atoms. The van der Waals surface area contributed by atoms with Crippen molar-refractivity contribution in [1.29, 1.82) is 0 Å². The molecule has 1 aliphatic rings. The van der Waals surface area contributed by atoms with Gasteiger partial charge >= 0.3 is 0 Å². The molecular formula is C13H20N4O2. The van der Waals surface area contributed by atoms with Crippen LogP contribution in [-0.2, 0) is 4.74 Å². The first-order chi connectivity index (χ1) is 9.11. The lowest BCUT2D eigenvalue weighted by molar-refractivity contribution is -0.0450. The van der Waals surface area contributed by atoms with Crippen LogP contribution in [0.2, 0.25) is 0 Å². The van der Waals surface area contributed by atoms with Gasteiger partial charge in [-0.2, -0.15) is 4.98 Å². The van der Waals surface area contributed by atoms with E-state index in [1.54, 1.807) is 0 Å². The van der Waals surface area contributed by atoms with E-state index in [0.29, 0.717) is 30.8 Å². The Kier molecular flexibility index (Phi) is 4.53. The molecule has 2 N–H and O–H groups in total. The molecule has 19 heavy (non-hydrogen) atoms. The molecule has 1 fully saturated rings. The number of terminal acetylenes is 1. The van der Waals surface area contributed by atoms with Gasteiger partial charge in [-0.15, -0.1) is 12.3 Å². The first-order valence-corrected chi connectivity index (χ1v) is 6.50. The number of aromatic nitrogens is 2. The molecule has 2 heterocycles. The second kappa shape index (κ2) is 6.15. The Balaban J connectivity index is 2.04. The topological polar surface area (TPSA) is 77.4 Å². The van der Waals surface area contributed by atoms with Gasteiger partial charge in [0, 0.05) is 25.6 Å². The number of hydrogen-bond acceptors (Lipinski definition) is 6. The highest BCUT2D eigenvalue weighted by molar-refractivity contribution is 5.01. The van der Waals surface area contributed by atoms with E-state index in [4.69, 9.17) is 21.4 Å². The minimum absolute atomic E-state index is 0.160. The van der Waals surface area contributed by atoms with Gasteiger partial charge in [0.1, 0.15) is 6.10 Å². The monoisotopic (exact) mass is 264 g/mol. The fourth-order valence-electron chi connectivity index (χ4n) is 2.04. The van der Waals surface area contributed by atoms with Crippen LogP contribution in [0.3, 0.4) is 0 Å². The van der Waals surface area contributed by atoms with Crippen molar-refractivity contribution in [2.75, 3.05) is 19.7 Å². The van der Waals surface area contributed by atoms with Crippen molar-refractivity contribution in [1.82, 2.24) is 15.0 Å². The average Bonchev–Trinajstić information content (AvgIpc) is 2.89. The van der Waals surface area contributed by atoms with Crippen LogP contribution in [0.5, 0.6) is 0 Å². The summed E-state index contributed by atoms with van der Waals surface area (Å²) in [5.41, 5.74) is 5.83. The predicted octanol–water partition coefficient (Wildman–Crippen LogP) is 0.874. The third-order valence-corrected chi connectivity index (χ3v) is 3.23. The van der Waals surface area contributed by atoms with E-state index < -0.39 is 6.04 Å². The number of hydrogen-bond donors (Lipinski definition) is 1. The first kappa shape index (κ1) is 14.0. The second-order valence-corrected chi connectivity index (χ2v) is 4.95. The summed E-state index contributed by atoms with van der Waals surface area (Å²) in [5, 5.41) is 3.95. The Hall–Kier alpha value is -1.42. The highest BCUT2D eigenvalue weighted by Crippen LogP contribution is 2.22. The molecule has 1 aromatic heterocycles. The number of ether oxygens (including phenoxy) is 1. The van der Waals surface area contributed by atoms with Gasteiger partial charge in [-0.25, -0.2) is 0 Å². The van der Waals surface area contributed by atoms with Crippen molar-refractivity contribution in [2.45, 2.75) is 38.5 Å². The quantitative estimate of drug-likeness (QED) is 0.813. The zero-order valence-electron chi connectivity index (χ0n) is 11.4. The highest BCUT2D eigenvalue weighted by atomic mass is 16.5. The van der Waals surface area contributed by atoms with Gasteiger partial charge in [0.25, 0.3) is 0 Å². The summed E-state index contributed by atoms with van der Waals surface area (Å²) in [5.74, 6) is 3.41. The van der Waals surface area contributed by atoms with E-state index >= 15 is 0 Å². The minimum Gasteiger partial charge on any atom is -0.367 e. The molecule has 1 aliphatic heterocycles. The number of rotatable bonds is 4. The zero-order chi connectivity index (χ0) is 13.8. The molecule has 0 amide bonds. The molecule has 2 atom stereocenters. The first-order valence-electron chi connectivity index (χ1n) is 6.50. The molecule has 2 rings (SSSR count). The zero-order valence-corrected chi connectivity index (χ0v) is 11.4. The minimum atomic E-state index is -0.406. The molecule has 104 valence electrons. The van der Waals surface area contributed by atoms with Crippen LogP contribution >= 0.6 is 0 Å². The van der Waals surface area contributed by atoms with Crippen LogP contribution in [-0.4, -0.2) is 40.8 Å². The summed E-state index contributed by atoms with van der Waals surface area (Å²) in [6, 6.07) is 0.0671. The molecule has 6 nitrogen and oxygen atoms in total. The van der Waals surface area contributed by atoms with Crippen molar-refractivity contribution in [3.8, 4) is 12.3 Å². The van der Waals surface area contributed by atoms with Gasteiger partial charge in [-0.1, -0.05) is 5.16 Å². The summed E-state index contributed by atoms with van der Waals surface area (Å²) in [4.78, 5) is 6.62. The smallest absolute Gasteiger partial charge is 0.244 e. The number of nitrogens with zero attached hydrogens (tertiary/aromatic N) is 3. The third kappa shape index (κ3) is 3.32. The van der Waals surface area contributed by atoms with E-state index in [-0.39, 0.29) is 6.10 Å². The van der Waals surface area contributed by atoms with Gasteiger partial charge in [0.05, 0.1) is 12.6 Å². The van der Waals surface area contributed by atoms with Crippen LogP contribution in [0.25, 0.3) is 0 Å². The van der Waals surface area contributed by atoms with Gasteiger partial charge < -0.3 is 15.0 Å². The predicted molar refractivity (Wildman–Crippen MR) is 70.1 cm³/mol. The van der Waals surface area contributed by atoms with E-state index in [2.05, 4.69) is 34.8 Å². The maximum Gasteiger partial charge on any atom is 0.244 e. The molecule has 2 unspecified atom stereocenters. The largest absolute Gasteiger partial charge is 0.367 e. The fraction of sp³-hybridized carbons (Fsp3) is 0.692. The van der Waals surface area contributed by atoms with Crippen LogP contribution in [0, 0.1) is 12.3 Å². The molecule has 0 aliphatic carbocycles. The van der Waals surface area contributed by atoms with E-state index in [0.717, 1.165) is 13.1 Å². The van der Waals surface area contributed by atoms with Crippen molar-refractivity contribution in [3.05, 3.63) is 11.7 Å². The lowest BCUT2D eigenvalue weighted by Crippen LogP contribution is -2.42. The summed E-state index contributed by atoms with van der Waals surface area (Å²) >= 11 is 0. The van der Waals surface area contributed by atoms with E-state index in [1.165, 1.54) is 0 Å². The van der Waals surface area contributed by atoms with Crippen molar-refractivity contribution < 1.29 is 9.26 Å². The number of morpholine rings is 1. The Morgan fingerprint density at radius 3 is 3.05 bits per heavy atom. The van der Waals surface area contributed by atoms with E-state index in [9.17, 15) is 0 Å². The van der Waals surface area contributed by atoms with Crippen LogP contribution in [0.15, 0.2) is 4.52 Å². The second-order valence-electron chi connectivity index (χ2n) is 4.95. The molecule has 0 aromatic carbocycles. The summed E-state index contributed by atoms with van der Waals surface area (Å²) in [7, 11) is 0. The van der Waals surface area contributed by atoms with Crippen LogP contribution < -0.4 is 5.73 Å². The van der Waals surface area contributed by atoms with Crippen molar-refractivity contribution in [2.24, 2.45) is 5.73 Å². The maximum absolute atomic E-state index is 5.83. The SMILES string of the molecule is C#CCC(N)c1nc(C2CN(C(C)C)CCO2)no1. The molecule has 0 radical (unpaired) electrons. The van der Waals surface area contributed by atoms with Gasteiger partial charge in [-0.3, -0.25) is 4.90 Å². The van der Waals surface area contributed by atoms with Crippen molar-refractivity contribution in [3.63, 3.8) is 0 Å². The van der Waals surface area contributed by atoms with Gasteiger partial charge in [0.2, 0.25) is 11.7 Å². The Morgan fingerprint density at radius 1 is 1.58 bits per heavy atom.